The minimum atomic E-state index is -1.67. The maximum atomic E-state index is 13.6. The standard InChI is InChI=1S/C19H20N2O5/c1-5-21-13-9-7-6-8-12(13)19(18(21)24)14(10(2)22)11(3)26-16(20)15(19)17(23)25-4/h6-9H,5,20H2,1-4H3. The number of ketones is 1. The van der Waals surface area contributed by atoms with Crippen LogP contribution in [0, 0.1) is 0 Å². The fourth-order valence-corrected chi connectivity index (χ4v) is 3.96. The van der Waals surface area contributed by atoms with E-state index < -0.39 is 17.3 Å². The number of fused-ring (bicyclic) bond motifs is 2. The van der Waals surface area contributed by atoms with Crippen molar-refractivity contribution >= 4 is 23.3 Å². The van der Waals surface area contributed by atoms with Crippen LogP contribution in [0.3, 0.4) is 0 Å². The normalized spacial score (nSPS) is 21.8. The molecule has 136 valence electrons. The number of hydrogen-bond donors (Lipinski definition) is 1. The van der Waals surface area contributed by atoms with Crippen molar-refractivity contribution in [2.24, 2.45) is 5.73 Å². The molecule has 0 radical (unpaired) electrons. The third-order valence-electron chi connectivity index (χ3n) is 4.83. The number of ether oxygens (including phenoxy) is 2. The molecular weight excluding hydrogens is 336 g/mol. The Kier molecular flexibility index (Phi) is 4.10. The van der Waals surface area contributed by atoms with Crippen LogP contribution in [-0.2, 0) is 29.3 Å². The SMILES string of the molecule is CCN1C(=O)C2(C(C(C)=O)=C(C)OC(N)=C2C(=O)OC)c2ccccc21. The van der Waals surface area contributed by atoms with Gasteiger partial charge in [-0.25, -0.2) is 4.79 Å². The third kappa shape index (κ3) is 2.03. The number of methoxy groups -OCH3 is 1. The smallest absolute Gasteiger partial charge is 0.340 e. The highest BCUT2D eigenvalue weighted by Gasteiger charge is 2.62. The van der Waals surface area contributed by atoms with Crippen LogP contribution in [-0.4, -0.2) is 31.3 Å². The number of para-hydroxylation sites is 1. The van der Waals surface area contributed by atoms with Gasteiger partial charge in [-0.15, -0.1) is 0 Å². The fraction of sp³-hybridized carbons (Fsp3) is 0.316. The Hall–Kier alpha value is -3.09. The number of carbonyl (C=O) groups excluding carboxylic acids is 3. The van der Waals surface area contributed by atoms with Gasteiger partial charge in [-0.05, 0) is 26.8 Å². The summed E-state index contributed by atoms with van der Waals surface area (Å²) in [6, 6.07) is 7.04. The van der Waals surface area contributed by atoms with Crippen LogP contribution in [0.1, 0.15) is 26.3 Å². The van der Waals surface area contributed by atoms with Crippen molar-refractivity contribution in [1.29, 1.82) is 0 Å². The van der Waals surface area contributed by atoms with E-state index in [9.17, 15) is 14.4 Å². The highest BCUT2D eigenvalue weighted by atomic mass is 16.5. The maximum absolute atomic E-state index is 13.6. The second-order valence-corrected chi connectivity index (χ2v) is 6.14. The molecule has 26 heavy (non-hydrogen) atoms. The molecule has 1 aromatic rings. The highest BCUT2D eigenvalue weighted by Crippen LogP contribution is 2.54. The summed E-state index contributed by atoms with van der Waals surface area (Å²) in [7, 11) is 1.19. The monoisotopic (exact) mass is 356 g/mol. The van der Waals surface area contributed by atoms with Crippen molar-refractivity contribution in [3.63, 3.8) is 0 Å². The van der Waals surface area contributed by atoms with Crippen molar-refractivity contribution < 1.29 is 23.9 Å². The highest BCUT2D eigenvalue weighted by molar-refractivity contribution is 6.22. The largest absolute Gasteiger partial charge is 0.465 e. The number of benzene rings is 1. The van der Waals surface area contributed by atoms with E-state index in [0.717, 1.165) is 0 Å². The molecule has 7 heteroatoms. The van der Waals surface area contributed by atoms with E-state index in [1.54, 1.807) is 31.2 Å². The summed E-state index contributed by atoms with van der Waals surface area (Å²) in [4.78, 5) is 40.3. The second-order valence-electron chi connectivity index (χ2n) is 6.14. The topological polar surface area (TPSA) is 98.9 Å². The lowest BCUT2D eigenvalue weighted by molar-refractivity contribution is -0.139. The summed E-state index contributed by atoms with van der Waals surface area (Å²) in [5.74, 6) is -1.64. The molecule has 2 aliphatic rings. The summed E-state index contributed by atoms with van der Waals surface area (Å²) in [5.41, 5.74) is 5.42. The molecule has 2 heterocycles. The molecule has 1 atom stereocenters. The summed E-state index contributed by atoms with van der Waals surface area (Å²) >= 11 is 0. The first kappa shape index (κ1) is 17.7. The van der Waals surface area contributed by atoms with Crippen LogP contribution in [0.5, 0.6) is 0 Å². The van der Waals surface area contributed by atoms with Gasteiger partial charge in [0.25, 0.3) is 0 Å². The van der Waals surface area contributed by atoms with Gasteiger partial charge in [0.1, 0.15) is 16.7 Å². The molecule has 0 saturated heterocycles. The van der Waals surface area contributed by atoms with E-state index in [1.165, 1.54) is 18.9 Å². The minimum absolute atomic E-state index is 0.0977. The first-order valence-electron chi connectivity index (χ1n) is 8.22. The quantitative estimate of drug-likeness (QED) is 0.825. The summed E-state index contributed by atoms with van der Waals surface area (Å²) in [6.45, 7) is 5.09. The Labute approximate surface area is 151 Å². The maximum Gasteiger partial charge on any atom is 0.340 e. The number of rotatable bonds is 3. The second kappa shape index (κ2) is 6.01. The van der Waals surface area contributed by atoms with Gasteiger partial charge in [-0.3, -0.25) is 9.59 Å². The summed E-state index contributed by atoms with van der Waals surface area (Å²) < 4.78 is 10.3. The molecule has 7 nitrogen and oxygen atoms in total. The molecule has 0 bridgehead atoms. The van der Waals surface area contributed by atoms with Crippen LogP contribution >= 0.6 is 0 Å². The number of nitrogens with two attached hydrogens (primary N) is 1. The van der Waals surface area contributed by atoms with Gasteiger partial charge in [0.2, 0.25) is 11.8 Å². The molecule has 2 N–H and O–H groups in total. The average molecular weight is 356 g/mol. The minimum Gasteiger partial charge on any atom is -0.465 e. The molecular formula is C19H20N2O5. The number of anilines is 1. The van der Waals surface area contributed by atoms with Crippen molar-refractivity contribution in [3.8, 4) is 0 Å². The average Bonchev–Trinajstić information content (AvgIpc) is 2.83. The van der Waals surface area contributed by atoms with Crippen molar-refractivity contribution in [2.75, 3.05) is 18.6 Å². The zero-order valence-electron chi connectivity index (χ0n) is 15.1. The molecule has 1 spiro atoms. The number of likely N-dealkylation sites (N-methyl/N-ethyl adjacent to an activating group) is 1. The fourth-order valence-electron chi connectivity index (χ4n) is 3.96. The molecule has 2 aliphatic heterocycles. The third-order valence-corrected chi connectivity index (χ3v) is 4.83. The predicted octanol–water partition coefficient (Wildman–Crippen LogP) is 1.53. The van der Waals surface area contributed by atoms with E-state index >= 15 is 0 Å². The lowest BCUT2D eigenvalue weighted by atomic mass is 9.66. The number of hydrogen-bond acceptors (Lipinski definition) is 6. The number of Topliss-reactive ketones (excluding diaryl/α,β-unsaturated/α-hetero) is 1. The lowest BCUT2D eigenvalue weighted by Crippen LogP contribution is -2.50. The summed E-state index contributed by atoms with van der Waals surface area (Å²) in [5, 5.41) is 0. The van der Waals surface area contributed by atoms with Gasteiger partial charge in [0.15, 0.2) is 5.78 Å². The molecule has 0 aromatic heterocycles. The number of esters is 1. The van der Waals surface area contributed by atoms with Crippen molar-refractivity contribution in [2.45, 2.75) is 26.2 Å². The Morgan fingerprint density at radius 1 is 1.27 bits per heavy atom. The Morgan fingerprint density at radius 3 is 2.50 bits per heavy atom. The van der Waals surface area contributed by atoms with Gasteiger partial charge in [-0.1, -0.05) is 18.2 Å². The van der Waals surface area contributed by atoms with Gasteiger partial charge in [0.05, 0.1) is 12.7 Å². The van der Waals surface area contributed by atoms with E-state index in [4.69, 9.17) is 15.2 Å². The van der Waals surface area contributed by atoms with E-state index in [1.807, 2.05) is 6.92 Å². The number of allylic oxidation sites excluding steroid dienone is 1. The van der Waals surface area contributed by atoms with Gasteiger partial charge >= 0.3 is 5.97 Å². The first-order chi connectivity index (χ1) is 12.3. The molecule has 1 unspecified atom stereocenters. The van der Waals surface area contributed by atoms with Gasteiger partial charge in [-0.2, -0.15) is 0 Å². The lowest BCUT2D eigenvalue weighted by Gasteiger charge is -2.36. The van der Waals surface area contributed by atoms with E-state index in [0.29, 0.717) is 17.8 Å². The Bertz CT molecular complexity index is 899. The predicted molar refractivity (Wildman–Crippen MR) is 93.8 cm³/mol. The van der Waals surface area contributed by atoms with E-state index in [-0.39, 0.29) is 28.6 Å². The zero-order valence-corrected chi connectivity index (χ0v) is 15.1. The number of nitrogens with zero attached hydrogens (tertiary/aromatic N) is 1. The molecule has 3 rings (SSSR count). The van der Waals surface area contributed by atoms with Crippen LogP contribution in [0.25, 0.3) is 0 Å². The molecule has 0 aliphatic carbocycles. The number of amides is 1. The van der Waals surface area contributed by atoms with Crippen LogP contribution in [0.2, 0.25) is 0 Å². The van der Waals surface area contributed by atoms with E-state index in [2.05, 4.69) is 0 Å². The Balaban J connectivity index is 2.49. The molecule has 0 fully saturated rings. The van der Waals surface area contributed by atoms with Crippen LogP contribution in [0.4, 0.5) is 5.69 Å². The Morgan fingerprint density at radius 2 is 1.92 bits per heavy atom. The van der Waals surface area contributed by atoms with Gasteiger partial charge < -0.3 is 20.1 Å². The molecule has 1 aromatic carbocycles. The first-order valence-corrected chi connectivity index (χ1v) is 8.22. The van der Waals surface area contributed by atoms with Crippen molar-refractivity contribution in [1.82, 2.24) is 0 Å². The molecule has 0 saturated carbocycles. The summed E-state index contributed by atoms with van der Waals surface area (Å²) in [6.07, 6.45) is 0. The van der Waals surface area contributed by atoms with Crippen LogP contribution < -0.4 is 10.6 Å². The van der Waals surface area contributed by atoms with Crippen LogP contribution in [0.15, 0.2) is 47.1 Å². The zero-order chi connectivity index (χ0) is 19.2. The number of carbonyl (C=O) groups is 3. The van der Waals surface area contributed by atoms with Crippen molar-refractivity contribution in [3.05, 3.63) is 52.6 Å². The van der Waals surface area contributed by atoms with Gasteiger partial charge in [0, 0.05) is 17.8 Å². The molecule has 1 amide bonds.